The van der Waals surface area contributed by atoms with Crippen molar-refractivity contribution in [2.24, 2.45) is 17.8 Å². The van der Waals surface area contributed by atoms with Crippen molar-refractivity contribution < 1.29 is 34.2 Å². The van der Waals surface area contributed by atoms with Gasteiger partial charge in [-0.15, -0.1) is 0 Å². The molecule has 39 heavy (non-hydrogen) atoms. The second-order valence-electron chi connectivity index (χ2n) is 11.5. The third-order valence-electron chi connectivity index (χ3n) is 8.24. The fourth-order valence-corrected chi connectivity index (χ4v) is 5.56. The summed E-state index contributed by atoms with van der Waals surface area (Å²) in [6.07, 6.45) is 21.3. The molecule has 0 spiro atoms. The Kier molecular flexibility index (Phi) is 21.8. The molecule has 0 radical (unpaired) electrons. The van der Waals surface area contributed by atoms with Crippen LogP contribution in [0.1, 0.15) is 130 Å². The van der Waals surface area contributed by atoms with Crippen LogP contribution >= 0.6 is 0 Å². The molecule has 3 unspecified atom stereocenters. The summed E-state index contributed by atoms with van der Waals surface area (Å²) < 4.78 is 0.256. The first kappa shape index (κ1) is 37.1. The molecule has 0 aliphatic heterocycles. The van der Waals surface area contributed by atoms with Gasteiger partial charge >= 0.3 is 17.9 Å². The van der Waals surface area contributed by atoms with Gasteiger partial charge in [0.25, 0.3) is 0 Å². The largest absolute Gasteiger partial charge is 0.481 e. The summed E-state index contributed by atoms with van der Waals surface area (Å²) in [7, 11) is 0. The monoisotopic (exact) mass is 554 g/mol. The summed E-state index contributed by atoms with van der Waals surface area (Å²) in [5.41, 5.74) is 0. The Morgan fingerprint density at radius 2 is 0.872 bits per heavy atom. The number of carbonyl (C=O) groups is 3. The van der Waals surface area contributed by atoms with Crippen LogP contribution in [0.2, 0.25) is 0 Å². The Morgan fingerprint density at radius 3 is 1.21 bits per heavy atom. The molecule has 0 saturated heterocycles. The van der Waals surface area contributed by atoms with Crippen molar-refractivity contribution in [3.63, 3.8) is 0 Å². The molecule has 0 aromatic rings. The van der Waals surface area contributed by atoms with Crippen LogP contribution < -0.4 is 0 Å². The van der Waals surface area contributed by atoms with Gasteiger partial charge in [-0.2, -0.15) is 0 Å². The number of carboxylic acids is 3. The van der Waals surface area contributed by atoms with Crippen LogP contribution in [0.3, 0.4) is 0 Å². The van der Waals surface area contributed by atoms with Crippen molar-refractivity contribution in [2.75, 3.05) is 26.2 Å². The molecule has 0 aliphatic rings. The van der Waals surface area contributed by atoms with E-state index in [0.29, 0.717) is 25.8 Å². The van der Waals surface area contributed by atoms with E-state index in [2.05, 4.69) is 19.1 Å². The highest BCUT2D eigenvalue weighted by atomic mass is 16.4. The van der Waals surface area contributed by atoms with Crippen LogP contribution in [-0.4, -0.2) is 63.9 Å². The zero-order valence-corrected chi connectivity index (χ0v) is 25.5. The average molecular weight is 555 g/mol. The molecule has 3 N–H and O–H groups in total. The molecule has 0 heterocycles. The highest BCUT2D eigenvalue weighted by Crippen LogP contribution is 2.25. The Morgan fingerprint density at radius 1 is 0.538 bits per heavy atom. The van der Waals surface area contributed by atoms with Crippen LogP contribution in [0.5, 0.6) is 0 Å². The first-order valence-corrected chi connectivity index (χ1v) is 15.8. The number of unbranched alkanes of at least 4 members (excludes halogenated alkanes) is 11. The molecular weight excluding hydrogens is 494 g/mol. The molecule has 7 nitrogen and oxygen atoms in total. The minimum absolute atomic E-state index is 0.256. The molecule has 228 valence electrons. The molecule has 3 atom stereocenters. The van der Waals surface area contributed by atoms with E-state index in [4.69, 9.17) is 0 Å². The molecule has 7 heteroatoms. The number of quaternary nitrogens is 1. The fraction of sp³-hybridized carbons (Fsp3) is 0.844. The average Bonchev–Trinajstić information content (AvgIpc) is 2.90. The van der Waals surface area contributed by atoms with Crippen molar-refractivity contribution in [2.45, 2.75) is 130 Å². The van der Waals surface area contributed by atoms with E-state index in [9.17, 15) is 29.7 Å². The molecule has 0 bridgehead atoms. The van der Waals surface area contributed by atoms with Crippen LogP contribution in [0, 0.1) is 17.8 Å². The summed E-state index contributed by atoms with van der Waals surface area (Å²) in [5, 5.41) is 29.4. The summed E-state index contributed by atoms with van der Waals surface area (Å²) in [6.45, 7) is 9.21. The van der Waals surface area contributed by atoms with Gasteiger partial charge in [-0.1, -0.05) is 84.8 Å². The molecule has 0 amide bonds. The number of carboxylic acid groups (broad SMARTS) is 3. The van der Waals surface area contributed by atoms with Crippen molar-refractivity contribution in [3.05, 3.63) is 12.2 Å². The molecule has 0 aromatic carbocycles. The van der Waals surface area contributed by atoms with E-state index in [0.717, 1.165) is 19.3 Å². The first-order valence-electron chi connectivity index (χ1n) is 15.8. The summed E-state index contributed by atoms with van der Waals surface area (Å²) in [5.74, 6) is -4.52. The van der Waals surface area contributed by atoms with Gasteiger partial charge < -0.3 is 19.8 Å². The number of nitrogens with zero attached hydrogens (tertiary/aromatic N) is 1. The SMILES string of the molecule is CCCCC/C=C/CCCCCCCCCC[N+](CC(CC)C(=O)O)(CC(CC)C(=O)O)CC(CC)C(=O)O. The smallest absolute Gasteiger partial charge is 0.312 e. The number of hydrogen-bond donors (Lipinski definition) is 3. The van der Waals surface area contributed by atoms with Gasteiger partial charge in [0.05, 0.1) is 26.2 Å². The zero-order valence-electron chi connectivity index (χ0n) is 25.5. The molecule has 0 fully saturated rings. The maximum Gasteiger partial charge on any atom is 0.312 e. The van der Waals surface area contributed by atoms with Crippen molar-refractivity contribution in [1.29, 1.82) is 0 Å². The number of rotatable bonds is 27. The van der Waals surface area contributed by atoms with Gasteiger partial charge in [0.1, 0.15) is 17.8 Å². The van der Waals surface area contributed by atoms with E-state index in [1.165, 1.54) is 64.2 Å². The molecule has 0 rings (SSSR count). The molecule has 0 aromatic heterocycles. The second-order valence-corrected chi connectivity index (χ2v) is 11.5. The van der Waals surface area contributed by atoms with Crippen LogP contribution in [-0.2, 0) is 14.4 Å². The quantitative estimate of drug-likeness (QED) is 0.0543. The maximum atomic E-state index is 12.0. The van der Waals surface area contributed by atoms with Gasteiger partial charge in [0, 0.05) is 0 Å². The number of allylic oxidation sites excluding steroid dienone is 2. The minimum Gasteiger partial charge on any atom is -0.481 e. The lowest BCUT2D eigenvalue weighted by atomic mass is 9.95. The third kappa shape index (κ3) is 17.4. The molecule has 0 saturated carbocycles. The van der Waals surface area contributed by atoms with Crippen LogP contribution in [0.25, 0.3) is 0 Å². The summed E-state index contributed by atoms with van der Waals surface area (Å²) in [6, 6.07) is 0. The van der Waals surface area contributed by atoms with Gasteiger partial charge in [0.2, 0.25) is 0 Å². The van der Waals surface area contributed by atoms with Gasteiger partial charge in [-0.25, -0.2) is 0 Å². The van der Waals surface area contributed by atoms with E-state index >= 15 is 0 Å². The van der Waals surface area contributed by atoms with E-state index in [1.54, 1.807) is 0 Å². The molecule has 0 aliphatic carbocycles. The number of hydrogen-bond acceptors (Lipinski definition) is 3. The Bertz CT molecular complexity index is 632. The zero-order chi connectivity index (χ0) is 29.5. The lowest BCUT2D eigenvalue weighted by Crippen LogP contribution is -2.58. The predicted molar refractivity (Wildman–Crippen MR) is 159 cm³/mol. The summed E-state index contributed by atoms with van der Waals surface area (Å²) >= 11 is 0. The van der Waals surface area contributed by atoms with E-state index < -0.39 is 35.7 Å². The standard InChI is InChI=1S/C32H59NO6/c1-5-9-10-11-12-13-14-15-16-17-18-19-20-21-22-23-33(24-27(6-2)30(34)35,25-28(7-3)31(36)37)26-29(8-4)32(38)39/h12-13,27-29H,5-11,14-26H2,1-4H3,(H2-,34,35,36,37,38,39)/p+1/b13-12+. The summed E-state index contributed by atoms with van der Waals surface area (Å²) in [4.78, 5) is 35.9. The molecular formula is C32H60NO6+. The van der Waals surface area contributed by atoms with Crippen LogP contribution in [0.4, 0.5) is 0 Å². The Balaban J connectivity index is 4.96. The van der Waals surface area contributed by atoms with Gasteiger partial charge in [-0.3, -0.25) is 14.4 Å². The third-order valence-corrected chi connectivity index (χ3v) is 8.24. The van der Waals surface area contributed by atoms with E-state index in [1.807, 2.05) is 20.8 Å². The Hall–Kier alpha value is -1.89. The predicted octanol–water partition coefficient (Wildman–Crippen LogP) is 7.78. The normalized spacial score (nSPS) is 15.6. The lowest BCUT2D eigenvalue weighted by Gasteiger charge is -2.43. The Labute approximate surface area is 238 Å². The minimum atomic E-state index is -0.890. The van der Waals surface area contributed by atoms with Gasteiger partial charge in [0.15, 0.2) is 0 Å². The van der Waals surface area contributed by atoms with E-state index in [-0.39, 0.29) is 24.1 Å². The lowest BCUT2D eigenvalue weighted by molar-refractivity contribution is -0.935. The fourth-order valence-electron chi connectivity index (χ4n) is 5.56. The van der Waals surface area contributed by atoms with Gasteiger partial charge in [-0.05, 0) is 57.8 Å². The van der Waals surface area contributed by atoms with Crippen molar-refractivity contribution in [1.82, 2.24) is 0 Å². The highest BCUT2D eigenvalue weighted by Gasteiger charge is 2.40. The van der Waals surface area contributed by atoms with Crippen molar-refractivity contribution in [3.8, 4) is 0 Å². The topological polar surface area (TPSA) is 112 Å². The second kappa shape index (κ2) is 22.9. The number of aliphatic carboxylic acids is 3. The van der Waals surface area contributed by atoms with Crippen LogP contribution in [0.15, 0.2) is 12.2 Å². The first-order chi connectivity index (χ1) is 18.7. The highest BCUT2D eigenvalue weighted by molar-refractivity contribution is 5.71. The van der Waals surface area contributed by atoms with Crippen molar-refractivity contribution >= 4 is 17.9 Å². The maximum absolute atomic E-state index is 12.0.